The molecule has 25 heavy (non-hydrogen) atoms. The smallest absolute Gasteiger partial charge is 0.255 e. The molecular weight excluding hydrogens is 324 g/mol. The zero-order chi connectivity index (χ0) is 17.3. The Morgan fingerprint density at radius 1 is 1.36 bits per heavy atom. The van der Waals surface area contributed by atoms with E-state index >= 15 is 0 Å². The van der Waals surface area contributed by atoms with Crippen molar-refractivity contribution in [2.45, 2.75) is 50.5 Å². The summed E-state index contributed by atoms with van der Waals surface area (Å²) in [5.74, 6) is -0.477. The Labute approximate surface area is 144 Å². The molecular formula is C19H21F2N3O. The van der Waals surface area contributed by atoms with E-state index in [1.165, 1.54) is 6.20 Å². The van der Waals surface area contributed by atoms with Gasteiger partial charge in [-0.05, 0) is 30.9 Å². The number of aromatic amines is 1. The van der Waals surface area contributed by atoms with Gasteiger partial charge in [-0.2, -0.15) is 0 Å². The normalized spacial score (nSPS) is 23.8. The Morgan fingerprint density at radius 3 is 2.80 bits per heavy atom. The van der Waals surface area contributed by atoms with Gasteiger partial charge >= 0.3 is 0 Å². The molecule has 5 rings (SSSR count). The van der Waals surface area contributed by atoms with Crippen LogP contribution in [0.2, 0.25) is 0 Å². The topological polar surface area (TPSA) is 39.3 Å². The van der Waals surface area contributed by atoms with Gasteiger partial charge < -0.3 is 9.88 Å². The minimum Gasteiger partial charge on any atom is -0.359 e. The van der Waals surface area contributed by atoms with Crippen molar-refractivity contribution in [3.8, 4) is 0 Å². The summed E-state index contributed by atoms with van der Waals surface area (Å²) in [6.45, 7) is 3.97. The van der Waals surface area contributed by atoms with Gasteiger partial charge in [0.05, 0.1) is 11.6 Å². The van der Waals surface area contributed by atoms with Crippen LogP contribution in [0.3, 0.4) is 0 Å². The van der Waals surface area contributed by atoms with Crippen LogP contribution in [0.25, 0.3) is 10.9 Å². The Morgan fingerprint density at radius 2 is 2.12 bits per heavy atom. The minimum absolute atomic E-state index is 0.0299. The fourth-order valence-electron chi connectivity index (χ4n) is 4.64. The zero-order valence-corrected chi connectivity index (χ0v) is 14.2. The number of nitrogens with one attached hydrogen (secondary N) is 1. The monoisotopic (exact) mass is 345 g/mol. The van der Waals surface area contributed by atoms with Crippen LogP contribution in [0.5, 0.6) is 0 Å². The molecule has 6 heteroatoms. The summed E-state index contributed by atoms with van der Waals surface area (Å²) in [5.41, 5.74) is 1.01. The SMILES string of the molecule is CC[C@@H](N1CC(N2Cc3ccc4[nH]cc(F)c4c3C2=O)C1)C1(F)CC1. The summed E-state index contributed by atoms with van der Waals surface area (Å²) >= 11 is 0. The second-order valence-electron chi connectivity index (χ2n) is 7.66. The quantitative estimate of drug-likeness (QED) is 0.924. The highest BCUT2D eigenvalue weighted by Crippen LogP contribution is 2.47. The molecule has 1 saturated heterocycles. The zero-order valence-electron chi connectivity index (χ0n) is 14.2. The molecule has 4 nitrogen and oxygen atoms in total. The summed E-state index contributed by atoms with van der Waals surface area (Å²) in [5, 5.41) is 0.397. The lowest BCUT2D eigenvalue weighted by Gasteiger charge is -2.48. The predicted octanol–water partition coefficient (Wildman–Crippen LogP) is 3.23. The summed E-state index contributed by atoms with van der Waals surface area (Å²) in [6.07, 6.45) is 3.41. The van der Waals surface area contributed by atoms with Gasteiger partial charge in [0.2, 0.25) is 0 Å². The third-order valence-corrected chi connectivity index (χ3v) is 6.18. The number of carbonyl (C=O) groups is 1. The van der Waals surface area contributed by atoms with Gasteiger partial charge in [0, 0.05) is 42.8 Å². The van der Waals surface area contributed by atoms with E-state index < -0.39 is 5.67 Å². The van der Waals surface area contributed by atoms with Crippen LogP contribution in [0.4, 0.5) is 8.78 Å². The maximum atomic E-state index is 14.4. The predicted molar refractivity (Wildman–Crippen MR) is 90.6 cm³/mol. The first-order chi connectivity index (χ1) is 12.0. The molecule has 132 valence electrons. The van der Waals surface area contributed by atoms with Crippen LogP contribution in [0, 0.1) is 5.82 Å². The van der Waals surface area contributed by atoms with Gasteiger partial charge in [0.15, 0.2) is 0 Å². The van der Waals surface area contributed by atoms with Gasteiger partial charge in [0.1, 0.15) is 11.5 Å². The van der Waals surface area contributed by atoms with E-state index in [0.29, 0.717) is 48.9 Å². The van der Waals surface area contributed by atoms with E-state index in [1.54, 1.807) is 0 Å². The molecule has 2 aromatic rings. The van der Waals surface area contributed by atoms with Crippen LogP contribution in [0.1, 0.15) is 42.1 Å². The second-order valence-corrected chi connectivity index (χ2v) is 7.66. The first-order valence-corrected chi connectivity index (χ1v) is 9.04. The molecule has 1 aromatic carbocycles. The molecule has 3 heterocycles. The first-order valence-electron chi connectivity index (χ1n) is 9.04. The third kappa shape index (κ3) is 2.09. The molecule has 1 atom stereocenters. The van der Waals surface area contributed by atoms with Gasteiger partial charge in [0.25, 0.3) is 5.91 Å². The number of alkyl halides is 1. The lowest BCUT2D eigenvalue weighted by atomic mass is 9.98. The highest BCUT2D eigenvalue weighted by Gasteiger charge is 2.54. The van der Waals surface area contributed by atoms with Crippen molar-refractivity contribution in [2.24, 2.45) is 0 Å². The average Bonchev–Trinajstić information content (AvgIpc) is 3.06. The number of halogens is 2. The standard InChI is InChI=1S/C19H21F2N3O/c1-2-15(19(21)5-6-19)23-9-12(10-23)24-8-11-3-4-14-17(13(20)7-22-14)16(11)18(24)25/h3-4,7,12,15,22H,2,5-6,8-10H2,1H3/t15-/m1/s1. The summed E-state index contributed by atoms with van der Waals surface area (Å²) in [6, 6.07) is 3.79. The number of nitrogens with zero attached hydrogens (tertiary/aromatic N) is 2. The number of H-pyrrole nitrogens is 1. The van der Waals surface area contributed by atoms with Gasteiger partial charge in [-0.15, -0.1) is 0 Å². The molecule has 0 bridgehead atoms. The Kier molecular flexibility index (Phi) is 3.08. The number of hydrogen-bond donors (Lipinski definition) is 1. The number of fused-ring (bicyclic) bond motifs is 3. The number of carbonyl (C=O) groups excluding carboxylic acids is 1. The molecule has 0 spiro atoms. The maximum absolute atomic E-state index is 14.4. The number of benzene rings is 1. The van der Waals surface area contributed by atoms with Crippen molar-refractivity contribution in [2.75, 3.05) is 13.1 Å². The van der Waals surface area contributed by atoms with Crippen LogP contribution < -0.4 is 0 Å². The van der Waals surface area contributed by atoms with Crippen LogP contribution in [-0.4, -0.2) is 51.5 Å². The van der Waals surface area contributed by atoms with E-state index in [-0.39, 0.29) is 23.8 Å². The lowest BCUT2D eigenvalue weighted by Crippen LogP contribution is -2.64. The number of aromatic nitrogens is 1. The van der Waals surface area contributed by atoms with Crippen molar-refractivity contribution in [1.29, 1.82) is 0 Å². The van der Waals surface area contributed by atoms with Crippen molar-refractivity contribution >= 4 is 16.8 Å². The fraction of sp³-hybridized carbons (Fsp3) is 0.526. The molecule has 2 aliphatic heterocycles. The van der Waals surface area contributed by atoms with E-state index in [4.69, 9.17) is 0 Å². The number of rotatable bonds is 4. The molecule has 1 aliphatic carbocycles. The molecule has 0 unspecified atom stereocenters. The number of hydrogen-bond acceptors (Lipinski definition) is 2. The fourth-order valence-corrected chi connectivity index (χ4v) is 4.64. The lowest BCUT2D eigenvalue weighted by molar-refractivity contribution is -0.0204. The van der Waals surface area contributed by atoms with E-state index in [9.17, 15) is 13.6 Å². The van der Waals surface area contributed by atoms with Crippen LogP contribution in [0.15, 0.2) is 18.3 Å². The van der Waals surface area contributed by atoms with Gasteiger partial charge in [-0.3, -0.25) is 9.69 Å². The average molecular weight is 345 g/mol. The highest BCUT2D eigenvalue weighted by atomic mass is 19.1. The number of amides is 1. The van der Waals surface area contributed by atoms with Gasteiger partial charge in [-0.1, -0.05) is 13.0 Å². The minimum atomic E-state index is -1.02. The van der Waals surface area contributed by atoms with E-state index in [1.807, 2.05) is 24.0 Å². The van der Waals surface area contributed by atoms with Crippen molar-refractivity contribution in [1.82, 2.24) is 14.8 Å². The Balaban J connectivity index is 1.36. The van der Waals surface area contributed by atoms with Gasteiger partial charge in [-0.25, -0.2) is 8.78 Å². The molecule has 1 saturated carbocycles. The maximum Gasteiger partial charge on any atom is 0.255 e. The van der Waals surface area contributed by atoms with E-state index in [2.05, 4.69) is 9.88 Å². The molecule has 1 amide bonds. The Bertz CT molecular complexity index is 867. The number of likely N-dealkylation sites (tertiary alicyclic amines) is 1. The summed E-state index contributed by atoms with van der Waals surface area (Å²) in [4.78, 5) is 19.8. The molecule has 3 aliphatic rings. The largest absolute Gasteiger partial charge is 0.359 e. The van der Waals surface area contributed by atoms with Crippen molar-refractivity contribution < 1.29 is 13.6 Å². The van der Waals surface area contributed by atoms with E-state index in [0.717, 1.165) is 12.0 Å². The summed E-state index contributed by atoms with van der Waals surface area (Å²) in [7, 11) is 0. The Hall–Kier alpha value is -1.95. The second kappa shape index (κ2) is 5.04. The molecule has 0 radical (unpaired) electrons. The van der Waals surface area contributed by atoms with Crippen LogP contribution >= 0.6 is 0 Å². The summed E-state index contributed by atoms with van der Waals surface area (Å²) < 4.78 is 28.5. The molecule has 1 N–H and O–H groups in total. The molecule has 1 aromatic heterocycles. The molecule has 2 fully saturated rings. The first kappa shape index (κ1) is 15.3. The highest BCUT2D eigenvalue weighted by molar-refractivity contribution is 6.10. The van der Waals surface area contributed by atoms with Crippen LogP contribution in [-0.2, 0) is 6.54 Å². The van der Waals surface area contributed by atoms with Crippen molar-refractivity contribution in [3.05, 3.63) is 35.3 Å². The van der Waals surface area contributed by atoms with Crippen molar-refractivity contribution in [3.63, 3.8) is 0 Å². The third-order valence-electron chi connectivity index (χ3n) is 6.18.